The van der Waals surface area contributed by atoms with Gasteiger partial charge < -0.3 is 5.73 Å². The molecule has 0 fully saturated rings. The van der Waals surface area contributed by atoms with Crippen LogP contribution < -0.4 is 10.7 Å². The second kappa shape index (κ2) is 3.52. The Labute approximate surface area is 98.9 Å². The van der Waals surface area contributed by atoms with Crippen LogP contribution in [0.25, 0.3) is 6.08 Å². The summed E-state index contributed by atoms with van der Waals surface area (Å²) in [5.74, 6) is -0.440. The maximum absolute atomic E-state index is 11.4. The number of hydrogen-bond acceptors (Lipinski definition) is 3. The molecule has 0 saturated carbocycles. The lowest BCUT2D eigenvalue weighted by molar-refractivity contribution is -0.115. The second-order valence-corrected chi connectivity index (χ2v) is 3.82. The number of rotatable bonds is 1. The summed E-state index contributed by atoms with van der Waals surface area (Å²) >= 11 is 0. The maximum atomic E-state index is 11.4. The van der Waals surface area contributed by atoms with Crippen molar-refractivity contribution in [2.24, 2.45) is 5.73 Å². The maximum Gasteiger partial charge on any atom is 0.267 e. The highest BCUT2D eigenvalue weighted by Gasteiger charge is 2.26. The normalized spacial score (nSPS) is 16.4. The van der Waals surface area contributed by atoms with Gasteiger partial charge in [0.2, 0.25) is 0 Å². The second-order valence-electron chi connectivity index (χ2n) is 3.82. The molecule has 0 bridgehead atoms. The van der Waals surface area contributed by atoms with Gasteiger partial charge in [-0.2, -0.15) is 0 Å². The molecule has 0 atom stereocenters. The summed E-state index contributed by atoms with van der Waals surface area (Å²) in [6.07, 6.45) is 9.29. The number of benzene rings is 1. The van der Waals surface area contributed by atoms with Crippen LogP contribution in [0.15, 0.2) is 54.5 Å². The number of primary amides is 1. The van der Waals surface area contributed by atoms with Crippen LogP contribution in [0.2, 0.25) is 0 Å². The van der Waals surface area contributed by atoms with Gasteiger partial charge in [-0.15, -0.1) is 0 Å². The number of hydrogen-bond donors (Lipinski definition) is 1. The summed E-state index contributed by atoms with van der Waals surface area (Å²) in [6.45, 7) is 0. The summed E-state index contributed by atoms with van der Waals surface area (Å²) in [4.78, 5) is 11.4. The molecule has 0 aromatic heterocycles. The first-order chi connectivity index (χ1) is 8.27. The fourth-order valence-electron chi connectivity index (χ4n) is 2.01. The Morgan fingerprint density at radius 1 is 1.06 bits per heavy atom. The molecule has 4 heteroatoms. The number of para-hydroxylation sites is 1. The molecular formula is C13H11N3O. The Morgan fingerprint density at radius 2 is 1.76 bits per heavy atom. The van der Waals surface area contributed by atoms with Crippen molar-refractivity contribution in [3.05, 3.63) is 60.1 Å². The number of fused-ring (bicyclic) bond motifs is 3. The Hall–Kier alpha value is -2.49. The highest BCUT2D eigenvalue weighted by molar-refractivity contribution is 5.99. The minimum atomic E-state index is -0.440. The van der Waals surface area contributed by atoms with E-state index in [4.69, 9.17) is 5.73 Å². The molecule has 0 unspecified atom stereocenters. The van der Waals surface area contributed by atoms with Crippen LogP contribution in [-0.4, -0.2) is 10.9 Å². The van der Waals surface area contributed by atoms with E-state index >= 15 is 0 Å². The van der Waals surface area contributed by atoms with Crippen LogP contribution >= 0.6 is 0 Å². The van der Waals surface area contributed by atoms with Crippen molar-refractivity contribution >= 4 is 17.7 Å². The summed E-state index contributed by atoms with van der Waals surface area (Å²) in [5, 5.41) is 3.64. The Bertz CT molecular complexity index is 572. The molecule has 2 aliphatic rings. The summed E-state index contributed by atoms with van der Waals surface area (Å²) in [5.41, 5.74) is 7.87. The van der Waals surface area contributed by atoms with Gasteiger partial charge in [0, 0.05) is 18.0 Å². The standard InChI is InChI=1S/C13H11N3O/c14-13(17)12-9-10-5-1-2-6-11(10)15-7-3-4-8-16(12)15/h1-9H,(H2,14,17). The molecule has 0 spiro atoms. The molecule has 2 heterocycles. The van der Waals surface area contributed by atoms with Gasteiger partial charge >= 0.3 is 0 Å². The molecule has 2 N–H and O–H groups in total. The first kappa shape index (κ1) is 9.72. The Balaban J connectivity index is 2.21. The summed E-state index contributed by atoms with van der Waals surface area (Å²) < 4.78 is 0. The number of carbonyl (C=O) groups excluding carboxylic acids is 1. The number of amides is 1. The highest BCUT2D eigenvalue weighted by Crippen LogP contribution is 2.33. The van der Waals surface area contributed by atoms with E-state index in [1.165, 1.54) is 0 Å². The highest BCUT2D eigenvalue weighted by atomic mass is 16.1. The molecule has 1 amide bonds. The largest absolute Gasteiger partial charge is 0.364 e. The van der Waals surface area contributed by atoms with Crippen molar-refractivity contribution in [1.29, 1.82) is 0 Å². The van der Waals surface area contributed by atoms with E-state index in [9.17, 15) is 4.79 Å². The van der Waals surface area contributed by atoms with Gasteiger partial charge in [0.15, 0.2) is 0 Å². The van der Waals surface area contributed by atoms with E-state index in [0.29, 0.717) is 5.70 Å². The minimum Gasteiger partial charge on any atom is -0.364 e. The quantitative estimate of drug-likeness (QED) is 0.789. The van der Waals surface area contributed by atoms with E-state index in [0.717, 1.165) is 11.3 Å². The number of nitrogens with two attached hydrogens (primary N) is 1. The smallest absolute Gasteiger partial charge is 0.267 e. The fraction of sp³-hybridized carbons (Fsp3) is 0. The zero-order valence-corrected chi connectivity index (χ0v) is 9.08. The predicted octanol–water partition coefficient (Wildman–Crippen LogP) is 1.59. The zero-order chi connectivity index (χ0) is 11.8. The Kier molecular flexibility index (Phi) is 2.01. The molecule has 1 aromatic rings. The SMILES string of the molecule is NC(=O)C1=Cc2ccccc2N2C=CC=CN12. The van der Waals surface area contributed by atoms with Crippen molar-refractivity contribution in [2.45, 2.75) is 0 Å². The molecule has 0 radical (unpaired) electrons. The average Bonchev–Trinajstić information content (AvgIpc) is 2.37. The molecule has 3 rings (SSSR count). The van der Waals surface area contributed by atoms with Crippen molar-refractivity contribution in [2.75, 3.05) is 5.01 Å². The Morgan fingerprint density at radius 3 is 2.53 bits per heavy atom. The van der Waals surface area contributed by atoms with E-state index in [-0.39, 0.29) is 0 Å². The lowest BCUT2D eigenvalue weighted by atomic mass is 10.1. The van der Waals surface area contributed by atoms with Crippen LogP contribution in [0.3, 0.4) is 0 Å². The van der Waals surface area contributed by atoms with E-state index in [1.54, 1.807) is 11.1 Å². The van der Waals surface area contributed by atoms with Gasteiger partial charge in [0.1, 0.15) is 5.70 Å². The average molecular weight is 225 g/mol. The first-order valence-corrected chi connectivity index (χ1v) is 5.31. The van der Waals surface area contributed by atoms with E-state index in [2.05, 4.69) is 0 Å². The van der Waals surface area contributed by atoms with Crippen LogP contribution in [0, 0.1) is 0 Å². The number of hydrazine groups is 1. The lowest BCUT2D eigenvalue weighted by Crippen LogP contribution is -2.42. The monoisotopic (exact) mass is 225 g/mol. The van der Waals surface area contributed by atoms with E-state index < -0.39 is 5.91 Å². The van der Waals surface area contributed by atoms with Gasteiger partial charge in [-0.25, -0.2) is 0 Å². The molecule has 1 aromatic carbocycles. The predicted molar refractivity (Wildman–Crippen MR) is 66.2 cm³/mol. The van der Waals surface area contributed by atoms with Gasteiger partial charge in [-0.1, -0.05) is 18.2 Å². The third-order valence-electron chi connectivity index (χ3n) is 2.77. The van der Waals surface area contributed by atoms with Crippen molar-refractivity contribution in [3.63, 3.8) is 0 Å². The van der Waals surface area contributed by atoms with Crippen LogP contribution in [0.4, 0.5) is 5.69 Å². The van der Waals surface area contributed by atoms with Gasteiger partial charge in [-0.3, -0.25) is 14.8 Å². The van der Waals surface area contributed by atoms with Crippen molar-refractivity contribution in [1.82, 2.24) is 5.01 Å². The van der Waals surface area contributed by atoms with Gasteiger partial charge in [0.25, 0.3) is 5.91 Å². The molecule has 17 heavy (non-hydrogen) atoms. The van der Waals surface area contributed by atoms with Gasteiger partial charge in [0.05, 0.1) is 5.69 Å². The summed E-state index contributed by atoms with van der Waals surface area (Å²) in [7, 11) is 0. The van der Waals surface area contributed by atoms with Crippen LogP contribution in [0.1, 0.15) is 5.56 Å². The zero-order valence-electron chi connectivity index (χ0n) is 9.08. The third-order valence-corrected chi connectivity index (χ3v) is 2.77. The number of anilines is 1. The number of carbonyl (C=O) groups is 1. The molecule has 0 aliphatic carbocycles. The molecule has 2 aliphatic heterocycles. The molecular weight excluding hydrogens is 214 g/mol. The molecule has 4 nitrogen and oxygen atoms in total. The third kappa shape index (κ3) is 1.42. The van der Waals surface area contributed by atoms with E-state index in [1.807, 2.05) is 53.8 Å². The molecule has 0 saturated heterocycles. The fourth-order valence-corrected chi connectivity index (χ4v) is 2.01. The topological polar surface area (TPSA) is 49.6 Å². The van der Waals surface area contributed by atoms with Crippen molar-refractivity contribution in [3.8, 4) is 0 Å². The van der Waals surface area contributed by atoms with Gasteiger partial charge in [-0.05, 0) is 24.3 Å². The first-order valence-electron chi connectivity index (χ1n) is 5.31. The number of nitrogens with zero attached hydrogens (tertiary/aromatic N) is 2. The van der Waals surface area contributed by atoms with Crippen LogP contribution in [0.5, 0.6) is 0 Å². The number of allylic oxidation sites excluding steroid dienone is 2. The summed E-state index contributed by atoms with van der Waals surface area (Å²) in [6, 6.07) is 7.86. The lowest BCUT2D eigenvalue weighted by Gasteiger charge is -2.38. The molecule has 84 valence electrons. The minimum absolute atomic E-state index is 0.440. The van der Waals surface area contributed by atoms with Crippen LogP contribution in [-0.2, 0) is 4.79 Å². The van der Waals surface area contributed by atoms with Crippen molar-refractivity contribution < 1.29 is 4.79 Å².